The molecule has 0 unspecified atom stereocenters. The molecule has 5 nitrogen and oxygen atoms in total. The van der Waals surface area contributed by atoms with E-state index in [9.17, 15) is 9.59 Å². The van der Waals surface area contributed by atoms with Crippen molar-refractivity contribution in [1.29, 1.82) is 0 Å². The van der Waals surface area contributed by atoms with Crippen molar-refractivity contribution in [2.45, 2.75) is 0 Å². The Labute approximate surface area is 51.0 Å². The zero-order chi connectivity index (χ0) is 7.11. The predicted molar refractivity (Wildman–Crippen MR) is 27.0 cm³/mol. The SMILES string of the molecule is O=C=NCCOC(=O)O. The zero-order valence-electron chi connectivity index (χ0n) is 4.53. The van der Waals surface area contributed by atoms with E-state index in [-0.39, 0.29) is 13.2 Å². The minimum absolute atomic E-state index is 0.0375. The first-order chi connectivity index (χ1) is 4.27. The number of carboxylic acid groups (broad SMARTS) is 1. The molecule has 0 radical (unpaired) electrons. The third-order valence-corrected chi connectivity index (χ3v) is 0.493. The summed E-state index contributed by atoms with van der Waals surface area (Å²) in [5.41, 5.74) is 0. The lowest BCUT2D eigenvalue weighted by atomic mass is 10.7. The summed E-state index contributed by atoms with van der Waals surface area (Å²) < 4.78 is 3.99. The van der Waals surface area contributed by atoms with E-state index in [1.807, 2.05) is 0 Å². The molecule has 0 aliphatic heterocycles. The maximum atomic E-state index is 9.60. The summed E-state index contributed by atoms with van der Waals surface area (Å²) in [6.07, 6.45) is -0.121. The van der Waals surface area contributed by atoms with Crippen molar-refractivity contribution >= 4 is 12.2 Å². The topological polar surface area (TPSA) is 76.0 Å². The van der Waals surface area contributed by atoms with Crippen molar-refractivity contribution in [3.8, 4) is 0 Å². The van der Waals surface area contributed by atoms with Crippen molar-refractivity contribution in [3.63, 3.8) is 0 Å². The quantitative estimate of drug-likeness (QED) is 0.253. The van der Waals surface area contributed by atoms with Crippen LogP contribution in [0.5, 0.6) is 0 Å². The molecule has 0 aliphatic rings. The molecule has 0 aliphatic carbocycles. The van der Waals surface area contributed by atoms with Gasteiger partial charge in [-0.2, -0.15) is 0 Å². The Balaban J connectivity index is 3.10. The summed E-state index contributed by atoms with van der Waals surface area (Å²) in [7, 11) is 0. The van der Waals surface area contributed by atoms with E-state index in [0.717, 1.165) is 0 Å². The lowest BCUT2D eigenvalue weighted by Gasteiger charge is -1.91. The van der Waals surface area contributed by atoms with Crippen molar-refractivity contribution in [3.05, 3.63) is 0 Å². The van der Waals surface area contributed by atoms with E-state index >= 15 is 0 Å². The van der Waals surface area contributed by atoms with Crippen molar-refractivity contribution in [2.24, 2.45) is 4.99 Å². The Bertz CT molecular complexity index is 136. The lowest BCUT2D eigenvalue weighted by Crippen LogP contribution is -2.03. The Morgan fingerprint density at radius 2 is 2.44 bits per heavy atom. The summed E-state index contributed by atoms with van der Waals surface area (Å²) in [6, 6.07) is 0. The molecule has 0 rings (SSSR count). The highest BCUT2D eigenvalue weighted by molar-refractivity contribution is 5.56. The molecular weight excluding hydrogens is 126 g/mol. The summed E-state index contributed by atoms with van der Waals surface area (Å²) in [4.78, 5) is 22.0. The first-order valence-corrected chi connectivity index (χ1v) is 2.16. The smallest absolute Gasteiger partial charge is 0.450 e. The highest BCUT2D eigenvalue weighted by atomic mass is 16.7. The molecule has 9 heavy (non-hydrogen) atoms. The predicted octanol–water partition coefficient (Wildman–Crippen LogP) is 0.0168. The Morgan fingerprint density at radius 1 is 1.78 bits per heavy atom. The highest BCUT2D eigenvalue weighted by Gasteiger charge is 1.91. The van der Waals surface area contributed by atoms with E-state index in [4.69, 9.17) is 5.11 Å². The normalized spacial score (nSPS) is 7.56. The number of aliphatic imine (C=N–C) groups is 1. The van der Waals surface area contributed by atoms with Crippen LogP contribution >= 0.6 is 0 Å². The van der Waals surface area contributed by atoms with E-state index in [1.54, 1.807) is 0 Å². The fourth-order valence-corrected chi connectivity index (χ4v) is 0.224. The van der Waals surface area contributed by atoms with Crippen molar-refractivity contribution in [2.75, 3.05) is 13.2 Å². The van der Waals surface area contributed by atoms with Crippen molar-refractivity contribution in [1.82, 2.24) is 0 Å². The Hall–Kier alpha value is -1.35. The molecule has 0 saturated heterocycles. The lowest BCUT2D eigenvalue weighted by molar-refractivity contribution is 0.0945. The molecule has 5 heteroatoms. The van der Waals surface area contributed by atoms with Crippen LogP contribution in [0.4, 0.5) is 4.79 Å². The number of nitrogens with zero attached hydrogens (tertiary/aromatic N) is 1. The molecule has 0 aromatic carbocycles. The number of carbonyl (C=O) groups is 1. The largest absolute Gasteiger partial charge is 0.505 e. The summed E-state index contributed by atoms with van der Waals surface area (Å²) >= 11 is 0. The molecule has 0 bridgehead atoms. The molecular formula is C4H5NO4. The van der Waals surface area contributed by atoms with E-state index in [1.165, 1.54) is 6.08 Å². The third kappa shape index (κ3) is 6.65. The molecule has 0 atom stereocenters. The van der Waals surface area contributed by atoms with Crippen molar-refractivity contribution < 1.29 is 19.4 Å². The third-order valence-electron chi connectivity index (χ3n) is 0.493. The molecule has 0 heterocycles. The fraction of sp³-hybridized carbons (Fsp3) is 0.500. The molecule has 0 aromatic heterocycles. The number of ether oxygens (including phenoxy) is 1. The van der Waals surface area contributed by atoms with Gasteiger partial charge in [0.05, 0.1) is 6.54 Å². The van der Waals surface area contributed by atoms with Gasteiger partial charge in [-0.15, -0.1) is 0 Å². The van der Waals surface area contributed by atoms with Crippen LogP contribution in [0.1, 0.15) is 0 Å². The van der Waals surface area contributed by atoms with Gasteiger partial charge in [0.25, 0.3) is 0 Å². The van der Waals surface area contributed by atoms with Gasteiger partial charge in [0.2, 0.25) is 6.08 Å². The van der Waals surface area contributed by atoms with Crippen LogP contribution in [0.15, 0.2) is 4.99 Å². The summed E-state index contributed by atoms with van der Waals surface area (Å²) in [5, 5.41) is 7.85. The second kappa shape index (κ2) is 4.80. The highest BCUT2D eigenvalue weighted by Crippen LogP contribution is 1.75. The van der Waals surface area contributed by atoms with E-state index in [2.05, 4.69) is 9.73 Å². The molecule has 0 saturated carbocycles. The van der Waals surface area contributed by atoms with Gasteiger partial charge in [-0.05, 0) is 0 Å². The minimum atomic E-state index is -1.36. The van der Waals surface area contributed by atoms with Crippen LogP contribution in [-0.4, -0.2) is 30.5 Å². The maximum absolute atomic E-state index is 9.60. The molecule has 0 amide bonds. The fourth-order valence-electron chi connectivity index (χ4n) is 0.224. The Morgan fingerprint density at radius 3 is 2.89 bits per heavy atom. The molecule has 0 spiro atoms. The standard InChI is InChI=1S/C4H5NO4/c6-3-5-1-2-9-4(7)8/h1-2H2,(H,7,8). The van der Waals surface area contributed by atoms with Crippen LogP contribution < -0.4 is 0 Å². The molecule has 1 N–H and O–H groups in total. The Kier molecular flexibility index (Phi) is 4.08. The van der Waals surface area contributed by atoms with Gasteiger partial charge in [-0.3, -0.25) is 0 Å². The zero-order valence-corrected chi connectivity index (χ0v) is 4.53. The average molecular weight is 131 g/mol. The van der Waals surface area contributed by atoms with Crippen LogP contribution in [0.25, 0.3) is 0 Å². The van der Waals surface area contributed by atoms with Gasteiger partial charge in [-0.25, -0.2) is 14.6 Å². The second-order valence-electron chi connectivity index (χ2n) is 1.09. The van der Waals surface area contributed by atoms with Crippen LogP contribution in [0, 0.1) is 0 Å². The number of hydrogen-bond acceptors (Lipinski definition) is 4. The minimum Gasteiger partial charge on any atom is -0.450 e. The summed E-state index contributed by atoms with van der Waals surface area (Å²) in [5.74, 6) is 0. The second-order valence-corrected chi connectivity index (χ2v) is 1.09. The number of isocyanates is 1. The number of rotatable bonds is 3. The monoisotopic (exact) mass is 131 g/mol. The van der Waals surface area contributed by atoms with Gasteiger partial charge in [-0.1, -0.05) is 0 Å². The van der Waals surface area contributed by atoms with Gasteiger partial charge < -0.3 is 9.84 Å². The summed E-state index contributed by atoms with van der Waals surface area (Å²) in [6.45, 7) is -0.0552. The van der Waals surface area contributed by atoms with Crippen LogP contribution in [-0.2, 0) is 9.53 Å². The van der Waals surface area contributed by atoms with Crippen LogP contribution in [0.3, 0.4) is 0 Å². The van der Waals surface area contributed by atoms with E-state index < -0.39 is 6.16 Å². The average Bonchev–Trinajstić information content (AvgIpc) is 1.80. The number of carbonyl (C=O) groups excluding carboxylic acids is 1. The molecule has 0 fully saturated rings. The van der Waals surface area contributed by atoms with Gasteiger partial charge in [0.1, 0.15) is 6.61 Å². The van der Waals surface area contributed by atoms with Crippen LogP contribution in [0.2, 0.25) is 0 Å². The van der Waals surface area contributed by atoms with Gasteiger partial charge in [0.15, 0.2) is 0 Å². The van der Waals surface area contributed by atoms with E-state index in [0.29, 0.717) is 0 Å². The molecule has 50 valence electrons. The number of hydrogen-bond donors (Lipinski definition) is 1. The maximum Gasteiger partial charge on any atom is 0.505 e. The van der Waals surface area contributed by atoms with Gasteiger partial charge >= 0.3 is 6.16 Å². The first kappa shape index (κ1) is 7.65. The first-order valence-electron chi connectivity index (χ1n) is 2.16. The molecule has 0 aromatic rings. The van der Waals surface area contributed by atoms with Gasteiger partial charge in [0, 0.05) is 0 Å².